The molecular formula is C22H24BrClN4O4S. The third-order valence-corrected chi connectivity index (χ3v) is 7.74. The predicted molar refractivity (Wildman–Crippen MR) is 132 cm³/mol. The van der Waals surface area contributed by atoms with E-state index < -0.39 is 5.54 Å². The highest BCUT2D eigenvalue weighted by molar-refractivity contribution is 9.11. The number of ether oxygens (including phenoxy) is 1. The third-order valence-electron chi connectivity index (χ3n) is 5.82. The molecule has 2 aliphatic rings. The van der Waals surface area contributed by atoms with Crippen molar-refractivity contribution in [1.82, 2.24) is 10.2 Å². The van der Waals surface area contributed by atoms with Crippen LogP contribution < -0.4 is 15.5 Å². The maximum atomic E-state index is 13.2. The summed E-state index contributed by atoms with van der Waals surface area (Å²) in [6, 6.07) is 8.56. The van der Waals surface area contributed by atoms with E-state index in [1.54, 1.807) is 35.2 Å². The number of benzene rings is 1. The van der Waals surface area contributed by atoms with Crippen LogP contribution in [0.15, 0.2) is 34.1 Å². The van der Waals surface area contributed by atoms with E-state index in [4.69, 9.17) is 16.3 Å². The Balaban J connectivity index is 1.49. The minimum Gasteiger partial charge on any atom is -0.378 e. The number of hydrogen-bond acceptors (Lipinski definition) is 6. The normalized spacial score (nSPS) is 21.7. The van der Waals surface area contributed by atoms with Crippen molar-refractivity contribution < 1.29 is 19.1 Å². The second kappa shape index (κ2) is 10.1. The summed E-state index contributed by atoms with van der Waals surface area (Å²) in [6.45, 7) is 2.46. The van der Waals surface area contributed by atoms with Gasteiger partial charge in [-0.1, -0.05) is 11.6 Å². The van der Waals surface area contributed by atoms with E-state index in [0.29, 0.717) is 53.8 Å². The van der Waals surface area contributed by atoms with Gasteiger partial charge in [-0.15, -0.1) is 11.3 Å². The summed E-state index contributed by atoms with van der Waals surface area (Å²) < 4.78 is 6.29. The number of hydrogen-bond donors (Lipinski definition) is 2. The first-order valence-electron chi connectivity index (χ1n) is 10.5. The van der Waals surface area contributed by atoms with Gasteiger partial charge >= 0.3 is 0 Å². The van der Waals surface area contributed by atoms with Crippen molar-refractivity contribution in [2.24, 2.45) is 0 Å². The van der Waals surface area contributed by atoms with Crippen LogP contribution in [0.4, 0.5) is 11.4 Å². The molecule has 0 radical (unpaired) electrons. The van der Waals surface area contributed by atoms with Crippen LogP contribution in [0.2, 0.25) is 5.02 Å². The molecule has 33 heavy (non-hydrogen) atoms. The van der Waals surface area contributed by atoms with Crippen molar-refractivity contribution in [3.8, 4) is 0 Å². The Morgan fingerprint density at radius 2 is 2.03 bits per heavy atom. The first-order valence-corrected chi connectivity index (χ1v) is 12.5. The van der Waals surface area contributed by atoms with E-state index in [0.717, 1.165) is 10.3 Å². The summed E-state index contributed by atoms with van der Waals surface area (Å²) in [5, 5.41) is 6.08. The van der Waals surface area contributed by atoms with Gasteiger partial charge in [0.15, 0.2) is 0 Å². The van der Waals surface area contributed by atoms with Crippen LogP contribution in [0.3, 0.4) is 0 Å². The minimum absolute atomic E-state index is 0.0167. The van der Waals surface area contributed by atoms with Crippen LogP contribution in [-0.4, -0.2) is 68.1 Å². The fourth-order valence-electron chi connectivity index (χ4n) is 3.85. The number of likely N-dealkylation sites (N-methyl/N-ethyl adjacent to an activating group) is 1. The van der Waals surface area contributed by atoms with E-state index in [2.05, 4.69) is 31.5 Å². The molecule has 4 rings (SSSR count). The first-order chi connectivity index (χ1) is 15.8. The molecule has 2 aliphatic heterocycles. The number of halogens is 2. The molecule has 1 unspecified atom stereocenters. The Bertz CT molecular complexity index is 1070. The molecule has 8 nitrogen and oxygen atoms in total. The molecule has 1 aromatic carbocycles. The zero-order valence-electron chi connectivity index (χ0n) is 18.0. The van der Waals surface area contributed by atoms with Gasteiger partial charge in [0.05, 0.1) is 26.0 Å². The maximum absolute atomic E-state index is 13.2. The molecule has 0 saturated carbocycles. The number of nitrogens with zero attached hydrogens (tertiary/aromatic N) is 2. The lowest BCUT2D eigenvalue weighted by atomic mass is 9.97. The SMILES string of the molecule is CN1CCC(=O)N(c2ccc(NC(=O)C3(NC(=O)c4ccc(Br)s4)CCOC3)cc2Cl)CC1. The van der Waals surface area contributed by atoms with Crippen molar-refractivity contribution >= 4 is 68.0 Å². The first kappa shape index (κ1) is 24.2. The van der Waals surface area contributed by atoms with Crippen LogP contribution in [-0.2, 0) is 14.3 Å². The number of amides is 3. The van der Waals surface area contributed by atoms with Crippen molar-refractivity contribution in [2.75, 3.05) is 50.1 Å². The highest BCUT2D eigenvalue weighted by Crippen LogP contribution is 2.31. The van der Waals surface area contributed by atoms with E-state index in [1.807, 2.05) is 7.05 Å². The zero-order chi connectivity index (χ0) is 23.6. The fourth-order valence-corrected chi connectivity index (χ4v) is 5.42. The quantitative estimate of drug-likeness (QED) is 0.591. The minimum atomic E-state index is -1.18. The van der Waals surface area contributed by atoms with Gasteiger partial charge in [-0.05, 0) is 53.3 Å². The van der Waals surface area contributed by atoms with Gasteiger partial charge in [0.2, 0.25) is 5.91 Å². The lowest BCUT2D eigenvalue weighted by Gasteiger charge is -2.27. The largest absolute Gasteiger partial charge is 0.378 e. The number of carbonyl (C=O) groups excluding carboxylic acids is 3. The third kappa shape index (κ3) is 5.41. The van der Waals surface area contributed by atoms with E-state index >= 15 is 0 Å². The molecule has 0 spiro atoms. The number of nitrogens with one attached hydrogen (secondary N) is 2. The van der Waals surface area contributed by atoms with Gasteiger partial charge in [0.25, 0.3) is 11.8 Å². The number of anilines is 2. The van der Waals surface area contributed by atoms with Gasteiger partial charge in [0, 0.05) is 44.8 Å². The summed E-state index contributed by atoms with van der Waals surface area (Å²) in [6.07, 6.45) is 0.785. The molecule has 2 N–H and O–H groups in total. The van der Waals surface area contributed by atoms with Crippen LogP contribution in [0.25, 0.3) is 0 Å². The molecule has 2 fully saturated rings. The molecule has 0 aliphatic carbocycles. The number of carbonyl (C=O) groups is 3. The monoisotopic (exact) mass is 554 g/mol. The lowest BCUT2D eigenvalue weighted by Crippen LogP contribution is -2.57. The predicted octanol–water partition coefficient (Wildman–Crippen LogP) is 3.36. The summed E-state index contributed by atoms with van der Waals surface area (Å²) >= 11 is 11.1. The molecular weight excluding hydrogens is 532 g/mol. The van der Waals surface area contributed by atoms with Crippen LogP contribution in [0, 0.1) is 0 Å². The molecule has 1 aromatic heterocycles. The Hall–Kier alpha value is -1.98. The Morgan fingerprint density at radius 3 is 2.70 bits per heavy atom. The van der Waals surface area contributed by atoms with Crippen LogP contribution in [0.5, 0.6) is 0 Å². The molecule has 176 valence electrons. The summed E-state index contributed by atoms with van der Waals surface area (Å²) in [7, 11) is 1.98. The molecule has 0 bridgehead atoms. The molecule has 11 heteroatoms. The maximum Gasteiger partial charge on any atom is 0.262 e. The van der Waals surface area contributed by atoms with Gasteiger partial charge in [0.1, 0.15) is 5.54 Å². The molecule has 1 atom stereocenters. The topological polar surface area (TPSA) is 91.0 Å². The smallest absolute Gasteiger partial charge is 0.262 e. The Kier molecular flexibility index (Phi) is 7.40. The van der Waals surface area contributed by atoms with Gasteiger partial charge < -0.3 is 25.2 Å². The van der Waals surface area contributed by atoms with Crippen LogP contribution >= 0.6 is 38.9 Å². The van der Waals surface area contributed by atoms with Gasteiger partial charge in [-0.25, -0.2) is 0 Å². The average Bonchev–Trinajstić information content (AvgIpc) is 3.39. The van der Waals surface area contributed by atoms with Crippen LogP contribution in [0.1, 0.15) is 22.5 Å². The van der Waals surface area contributed by atoms with E-state index in [-0.39, 0.29) is 24.3 Å². The van der Waals surface area contributed by atoms with Crippen molar-refractivity contribution in [3.05, 3.63) is 44.0 Å². The Labute approximate surface area is 209 Å². The van der Waals surface area contributed by atoms with Crippen molar-refractivity contribution in [2.45, 2.75) is 18.4 Å². The molecule has 2 saturated heterocycles. The van der Waals surface area contributed by atoms with Gasteiger partial charge in [-0.3, -0.25) is 14.4 Å². The summed E-state index contributed by atoms with van der Waals surface area (Å²) in [5.41, 5.74) is -0.0812. The zero-order valence-corrected chi connectivity index (χ0v) is 21.2. The second-order valence-electron chi connectivity index (χ2n) is 8.16. The molecule has 3 amide bonds. The van der Waals surface area contributed by atoms with Gasteiger partial charge in [-0.2, -0.15) is 0 Å². The Morgan fingerprint density at radius 1 is 1.21 bits per heavy atom. The van der Waals surface area contributed by atoms with E-state index in [1.165, 1.54) is 11.3 Å². The highest BCUT2D eigenvalue weighted by Gasteiger charge is 2.44. The average molecular weight is 556 g/mol. The molecule has 3 heterocycles. The summed E-state index contributed by atoms with van der Waals surface area (Å²) in [4.78, 5) is 42.7. The standard InChI is InChI=1S/C22H24BrClN4O4S/c1-27-8-6-19(29)28(10-9-27)16-3-2-14(12-15(16)24)25-21(31)22(7-11-32-13-22)26-20(30)17-4-5-18(23)33-17/h2-5,12H,6-11,13H2,1H3,(H,25,31)(H,26,30). The van der Waals surface area contributed by atoms with E-state index in [9.17, 15) is 14.4 Å². The second-order valence-corrected chi connectivity index (χ2v) is 11.0. The number of thiophene rings is 1. The number of rotatable bonds is 5. The van der Waals surface area contributed by atoms with Crippen molar-refractivity contribution in [1.29, 1.82) is 0 Å². The summed E-state index contributed by atoms with van der Waals surface area (Å²) in [5.74, 6) is -0.687. The lowest BCUT2D eigenvalue weighted by molar-refractivity contribution is -0.122. The molecule has 2 aromatic rings. The fraction of sp³-hybridized carbons (Fsp3) is 0.409. The van der Waals surface area contributed by atoms with Crippen molar-refractivity contribution in [3.63, 3.8) is 0 Å². The highest BCUT2D eigenvalue weighted by atomic mass is 79.9.